The monoisotopic (exact) mass is 488 g/mol. The Balaban J connectivity index is 1.65. The number of nitrogens with one attached hydrogen (secondary N) is 4. The number of carbonyl (C=O) groups excluding carboxylic acids is 2. The second-order valence-electron chi connectivity index (χ2n) is 9.22. The maximum Gasteiger partial charge on any atom is 0.251 e. The molecule has 0 saturated carbocycles. The van der Waals surface area contributed by atoms with Crippen LogP contribution in [0, 0.1) is 11.7 Å². The molecule has 0 spiro atoms. The van der Waals surface area contributed by atoms with Crippen molar-refractivity contribution >= 4 is 29.4 Å². The maximum atomic E-state index is 13.2. The van der Waals surface area contributed by atoms with Crippen LogP contribution in [0.2, 0.25) is 0 Å². The lowest BCUT2D eigenvalue weighted by molar-refractivity contribution is -0.118. The fourth-order valence-electron chi connectivity index (χ4n) is 3.59. The zero-order valence-corrected chi connectivity index (χ0v) is 20.4. The highest BCUT2D eigenvalue weighted by Gasteiger charge is 2.26. The van der Waals surface area contributed by atoms with Crippen molar-refractivity contribution in [2.45, 2.75) is 49.6 Å². The van der Waals surface area contributed by atoms with E-state index in [0.717, 1.165) is 30.8 Å². The number of benzene rings is 2. The van der Waals surface area contributed by atoms with Gasteiger partial charge in [0.15, 0.2) is 0 Å². The molecule has 0 radical (unpaired) electrons. The summed E-state index contributed by atoms with van der Waals surface area (Å²) in [4.78, 5) is 26.8. The molecule has 0 aromatic heterocycles. The summed E-state index contributed by atoms with van der Waals surface area (Å²) >= 11 is 1.40. The normalized spacial score (nSPS) is 15.5. The highest BCUT2D eigenvalue weighted by atomic mass is 32.2. The molecule has 0 aliphatic carbocycles. The van der Waals surface area contributed by atoms with E-state index in [0.29, 0.717) is 23.6 Å². The van der Waals surface area contributed by atoms with Crippen LogP contribution in [-0.4, -0.2) is 48.2 Å². The molecule has 0 bridgehead atoms. The van der Waals surface area contributed by atoms with Gasteiger partial charge in [-0.05, 0) is 113 Å². The number of halogens is 1. The molecule has 1 heterocycles. The first-order chi connectivity index (χ1) is 16.3. The molecular formula is C25H33FN4O3S. The minimum absolute atomic E-state index is 0.0101. The molecule has 2 amide bonds. The van der Waals surface area contributed by atoms with Gasteiger partial charge in [-0.15, -0.1) is 0 Å². The van der Waals surface area contributed by atoms with Gasteiger partial charge in [-0.25, -0.2) is 4.39 Å². The highest BCUT2D eigenvalue weighted by Crippen LogP contribution is 2.22. The molecule has 2 aromatic rings. The Hall–Kier alpha value is -2.46. The van der Waals surface area contributed by atoms with E-state index in [9.17, 15) is 19.1 Å². The van der Waals surface area contributed by atoms with Crippen LogP contribution in [0.1, 0.15) is 43.5 Å². The van der Waals surface area contributed by atoms with E-state index in [2.05, 4.69) is 20.7 Å². The lowest BCUT2D eigenvalue weighted by Gasteiger charge is -2.27. The third kappa shape index (κ3) is 8.09. The molecule has 9 heteroatoms. The number of piperidine rings is 1. The summed E-state index contributed by atoms with van der Waals surface area (Å²) in [6.45, 7) is 5.60. The van der Waals surface area contributed by atoms with Crippen LogP contribution in [0.15, 0.2) is 53.4 Å². The third-order valence-electron chi connectivity index (χ3n) is 5.72. The fraction of sp³-hybridized carbons (Fsp3) is 0.440. The van der Waals surface area contributed by atoms with E-state index in [4.69, 9.17) is 0 Å². The van der Waals surface area contributed by atoms with Crippen molar-refractivity contribution < 1.29 is 19.1 Å². The summed E-state index contributed by atoms with van der Waals surface area (Å²) in [6, 6.07) is 11.9. The first-order valence-electron chi connectivity index (χ1n) is 11.5. The minimum Gasteiger partial charge on any atom is -0.394 e. The highest BCUT2D eigenvalue weighted by molar-refractivity contribution is 7.97. The zero-order chi connectivity index (χ0) is 24.6. The van der Waals surface area contributed by atoms with Gasteiger partial charge in [-0.3, -0.25) is 14.3 Å². The molecule has 1 fully saturated rings. The molecule has 5 N–H and O–H groups in total. The number of amides is 2. The first-order valence-corrected chi connectivity index (χ1v) is 12.3. The number of hydrogen-bond donors (Lipinski definition) is 5. The standard InChI is InChI=1S/C25H33FN4O3S/c1-25(2,16-31)30-34-21-9-7-20(8-10-21)28-24(33)22(15-17-11-13-27-14-12-17)29-23(32)18-3-5-19(26)6-4-18/h3-10,17,22,27,30-31H,11-16H2,1-2H3,(H,28,33)(H,29,32). The SMILES string of the molecule is CC(C)(CO)NSc1ccc(NC(=O)C(CC2CCNCC2)NC(=O)c2ccc(F)cc2)cc1. The Bertz CT molecular complexity index is 948. The van der Waals surface area contributed by atoms with Crippen LogP contribution in [0.4, 0.5) is 10.1 Å². The number of aliphatic hydroxyl groups excluding tert-OH is 1. The predicted molar refractivity (Wildman–Crippen MR) is 133 cm³/mol. The third-order valence-corrected chi connectivity index (χ3v) is 6.88. The van der Waals surface area contributed by atoms with E-state index >= 15 is 0 Å². The van der Waals surface area contributed by atoms with Crippen LogP contribution in [-0.2, 0) is 4.79 Å². The quantitative estimate of drug-likeness (QED) is 0.329. The largest absolute Gasteiger partial charge is 0.394 e. The number of carbonyl (C=O) groups is 2. The first kappa shape index (κ1) is 26.2. The molecule has 2 aromatic carbocycles. The number of hydrogen-bond acceptors (Lipinski definition) is 6. The average molecular weight is 489 g/mol. The van der Waals surface area contributed by atoms with E-state index in [1.165, 1.54) is 36.2 Å². The van der Waals surface area contributed by atoms with E-state index < -0.39 is 23.3 Å². The zero-order valence-electron chi connectivity index (χ0n) is 19.6. The van der Waals surface area contributed by atoms with Crippen LogP contribution >= 0.6 is 11.9 Å². The molecule has 3 rings (SSSR count). The number of anilines is 1. The summed E-state index contributed by atoms with van der Waals surface area (Å²) in [6.07, 6.45) is 2.42. The van der Waals surface area contributed by atoms with Gasteiger partial charge in [-0.1, -0.05) is 0 Å². The number of aliphatic hydroxyl groups is 1. The molecule has 184 valence electrons. The second kappa shape index (κ2) is 12.3. The molecular weight excluding hydrogens is 455 g/mol. The van der Waals surface area contributed by atoms with Gasteiger partial charge in [0.25, 0.3) is 5.91 Å². The molecule has 1 unspecified atom stereocenters. The van der Waals surface area contributed by atoms with E-state index in [1.807, 2.05) is 26.0 Å². The molecule has 34 heavy (non-hydrogen) atoms. The summed E-state index contributed by atoms with van der Waals surface area (Å²) in [5, 5.41) is 18.4. The van der Waals surface area contributed by atoms with Crippen molar-refractivity contribution in [2.75, 3.05) is 25.0 Å². The summed E-state index contributed by atoms with van der Waals surface area (Å²) in [7, 11) is 0. The summed E-state index contributed by atoms with van der Waals surface area (Å²) < 4.78 is 16.4. The van der Waals surface area contributed by atoms with Gasteiger partial charge >= 0.3 is 0 Å². The van der Waals surface area contributed by atoms with Crippen LogP contribution < -0.4 is 20.7 Å². The second-order valence-corrected chi connectivity index (χ2v) is 10.1. The lowest BCUT2D eigenvalue weighted by Crippen LogP contribution is -2.46. The molecule has 1 aliphatic heterocycles. The van der Waals surface area contributed by atoms with Gasteiger partial charge in [0.05, 0.1) is 6.61 Å². The Morgan fingerprint density at radius 1 is 1.12 bits per heavy atom. The van der Waals surface area contributed by atoms with Crippen LogP contribution in [0.5, 0.6) is 0 Å². The molecule has 1 saturated heterocycles. The number of rotatable bonds is 10. The van der Waals surface area contributed by atoms with Gasteiger partial charge in [0.1, 0.15) is 11.9 Å². The Labute approximate surface area is 204 Å². The van der Waals surface area contributed by atoms with Crippen LogP contribution in [0.3, 0.4) is 0 Å². The topological polar surface area (TPSA) is 102 Å². The summed E-state index contributed by atoms with van der Waals surface area (Å²) in [5.74, 6) is -0.783. The van der Waals surface area contributed by atoms with Gasteiger partial charge in [0.2, 0.25) is 5.91 Å². The Kier molecular flexibility index (Phi) is 9.46. The van der Waals surface area contributed by atoms with Crippen molar-refractivity contribution in [1.82, 2.24) is 15.4 Å². The van der Waals surface area contributed by atoms with Gasteiger partial charge in [0, 0.05) is 21.7 Å². The maximum absolute atomic E-state index is 13.2. The van der Waals surface area contributed by atoms with Crippen molar-refractivity contribution in [3.05, 3.63) is 59.9 Å². The van der Waals surface area contributed by atoms with Crippen molar-refractivity contribution in [1.29, 1.82) is 0 Å². The predicted octanol–water partition coefficient (Wildman–Crippen LogP) is 3.32. The van der Waals surface area contributed by atoms with Crippen molar-refractivity contribution in [2.24, 2.45) is 5.92 Å². The van der Waals surface area contributed by atoms with Crippen molar-refractivity contribution in [3.8, 4) is 0 Å². The minimum atomic E-state index is -0.707. The Morgan fingerprint density at radius 2 is 1.76 bits per heavy atom. The van der Waals surface area contributed by atoms with Crippen LogP contribution in [0.25, 0.3) is 0 Å². The smallest absolute Gasteiger partial charge is 0.251 e. The molecule has 7 nitrogen and oxygen atoms in total. The molecule has 1 atom stereocenters. The summed E-state index contributed by atoms with van der Waals surface area (Å²) in [5.41, 5.74) is 0.522. The van der Waals surface area contributed by atoms with Gasteiger partial charge < -0.3 is 21.1 Å². The van der Waals surface area contributed by atoms with E-state index in [-0.39, 0.29) is 12.5 Å². The Morgan fingerprint density at radius 3 is 2.38 bits per heavy atom. The average Bonchev–Trinajstić information content (AvgIpc) is 2.84. The van der Waals surface area contributed by atoms with Gasteiger partial charge in [-0.2, -0.15) is 0 Å². The molecule has 1 aliphatic rings. The van der Waals surface area contributed by atoms with E-state index in [1.54, 1.807) is 12.1 Å². The lowest BCUT2D eigenvalue weighted by atomic mass is 9.90. The fourth-order valence-corrected chi connectivity index (χ4v) is 4.32. The van der Waals surface area contributed by atoms with Crippen molar-refractivity contribution in [3.63, 3.8) is 0 Å².